The molecular weight excluding hydrogens is 621 g/mol. The molecule has 2 heterocycles. The number of aryl methyl sites for hydroxylation is 4. The molecule has 0 N–H and O–H groups in total. The minimum Gasteiger partial charge on any atom is -0.663 e. The van der Waals surface area contributed by atoms with Crippen LogP contribution in [-0.2, 0) is 22.4 Å². The third kappa shape index (κ3) is 4.02. The van der Waals surface area contributed by atoms with Crippen LogP contribution in [0.1, 0.15) is 22.3 Å². The standard InChI is InChI=1S/C33H25N2.Au/c1-20-16-21(2)28(29-19-30(23(4)17-22(29)3)31-13-7-8-15-34-31)18-27(20)26-12-9-11-25-24-10-5-6-14-32(24)35-33(25)26;/h5-17H,1-4H3;/q-3;+3. The second-order valence-corrected chi connectivity index (χ2v) is 9.32. The van der Waals surface area contributed by atoms with Crippen molar-refractivity contribution in [2.45, 2.75) is 27.7 Å². The minimum atomic E-state index is 0. The molecule has 2 aromatic heterocycles. The zero-order valence-electron chi connectivity index (χ0n) is 20.7. The Bertz CT molecular complexity index is 1730. The van der Waals surface area contributed by atoms with Gasteiger partial charge in [0.15, 0.2) is 0 Å². The van der Waals surface area contributed by atoms with Crippen LogP contribution in [0.5, 0.6) is 0 Å². The van der Waals surface area contributed by atoms with Crippen molar-refractivity contribution in [2.24, 2.45) is 0 Å². The predicted molar refractivity (Wildman–Crippen MR) is 145 cm³/mol. The van der Waals surface area contributed by atoms with Crippen LogP contribution in [-0.4, -0.2) is 4.98 Å². The Labute approximate surface area is 227 Å². The van der Waals surface area contributed by atoms with Crippen molar-refractivity contribution in [3.63, 3.8) is 0 Å². The zero-order valence-corrected chi connectivity index (χ0v) is 22.9. The van der Waals surface area contributed by atoms with E-state index in [1.54, 1.807) is 0 Å². The van der Waals surface area contributed by atoms with Crippen LogP contribution in [0, 0.1) is 39.8 Å². The Morgan fingerprint density at radius 3 is 1.94 bits per heavy atom. The molecule has 0 aliphatic heterocycles. The second-order valence-electron chi connectivity index (χ2n) is 9.32. The van der Waals surface area contributed by atoms with E-state index in [2.05, 4.69) is 93.3 Å². The molecule has 2 nitrogen and oxygen atoms in total. The molecule has 0 unspecified atom stereocenters. The Hall–Kier alpha value is -3.43. The van der Waals surface area contributed by atoms with Gasteiger partial charge in [-0.3, -0.25) is 4.98 Å². The van der Waals surface area contributed by atoms with E-state index in [0.717, 1.165) is 44.5 Å². The topological polar surface area (TPSA) is 27.0 Å². The number of aromatic nitrogens is 2. The van der Waals surface area contributed by atoms with Gasteiger partial charge in [0.2, 0.25) is 0 Å². The van der Waals surface area contributed by atoms with Crippen molar-refractivity contribution in [3.05, 3.63) is 113 Å². The molecule has 0 saturated carbocycles. The van der Waals surface area contributed by atoms with Crippen molar-refractivity contribution in [3.8, 4) is 33.5 Å². The van der Waals surface area contributed by atoms with Crippen molar-refractivity contribution in [1.82, 2.24) is 9.97 Å². The molecule has 36 heavy (non-hydrogen) atoms. The number of fused-ring (bicyclic) bond motifs is 3. The van der Waals surface area contributed by atoms with Crippen LogP contribution >= 0.6 is 0 Å². The fourth-order valence-electron chi connectivity index (χ4n) is 5.16. The monoisotopic (exact) mass is 646 g/mol. The van der Waals surface area contributed by atoms with Crippen molar-refractivity contribution in [2.75, 3.05) is 0 Å². The summed E-state index contributed by atoms with van der Waals surface area (Å²) in [6.45, 7) is 8.60. The van der Waals surface area contributed by atoms with Gasteiger partial charge < -0.3 is 4.98 Å². The van der Waals surface area contributed by atoms with Crippen LogP contribution < -0.4 is 4.98 Å². The second kappa shape index (κ2) is 9.55. The molecule has 0 spiro atoms. The van der Waals surface area contributed by atoms with E-state index in [0.29, 0.717) is 0 Å². The van der Waals surface area contributed by atoms with Gasteiger partial charge in [-0.1, -0.05) is 87.9 Å². The summed E-state index contributed by atoms with van der Waals surface area (Å²) in [6, 6.07) is 32.8. The minimum absolute atomic E-state index is 0. The van der Waals surface area contributed by atoms with Crippen LogP contribution in [0.25, 0.3) is 55.3 Å². The van der Waals surface area contributed by atoms with Crippen LogP contribution in [0.2, 0.25) is 0 Å². The van der Waals surface area contributed by atoms with Crippen molar-refractivity contribution >= 4 is 21.8 Å². The average molecular weight is 647 g/mol. The van der Waals surface area contributed by atoms with Crippen LogP contribution in [0.3, 0.4) is 0 Å². The van der Waals surface area contributed by atoms with E-state index in [1.165, 1.54) is 33.0 Å². The van der Waals surface area contributed by atoms with Gasteiger partial charge in [0.05, 0.1) is 0 Å². The molecule has 178 valence electrons. The first-order valence-electron chi connectivity index (χ1n) is 11.9. The molecule has 0 fully saturated rings. The summed E-state index contributed by atoms with van der Waals surface area (Å²) in [5.74, 6) is 0. The number of nitrogens with zero attached hydrogens (tertiary/aromatic N) is 2. The largest absolute Gasteiger partial charge is 3.00 e. The van der Waals surface area contributed by atoms with E-state index in [4.69, 9.17) is 4.98 Å². The summed E-state index contributed by atoms with van der Waals surface area (Å²) in [5, 5.41) is 2.38. The Morgan fingerprint density at radius 1 is 0.611 bits per heavy atom. The van der Waals surface area contributed by atoms with Crippen molar-refractivity contribution < 1.29 is 22.4 Å². The van der Waals surface area contributed by atoms with E-state index in [9.17, 15) is 0 Å². The number of para-hydroxylation sites is 2. The first-order chi connectivity index (χ1) is 17.0. The molecule has 0 amide bonds. The van der Waals surface area contributed by atoms with Gasteiger partial charge in [0, 0.05) is 11.9 Å². The van der Waals surface area contributed by atoms with Gasteiger partial charge in [-0.05, 0) is 16.8 Å². The molecule has 6 aromatic rings. The number of hydrogen-bond donors (Lipinski definition) is 0. The van der Waals surface area contributed by atoms with Gasteiger partial charge in [-0.25, -0.2) is 0 Å². The van der Waals surface area contributed by atoms with Gasteiger partial charge in [0.25, 0.3) is 0 Å². The van der Waals surface area contributed by atoms with Gasteiger partial charge in [0.1, 0.15) is 0 Å². The maximum atomic E-state index is 5.00. The summed E-state index contributed by atoms with van der Waals surface area (Å²) in [6.07, 6.45) is 1.83. The summed E-state index contributed by atoms with van der Waals surface area (Å²) < 4.78 is 0. The molecule has 3 heteroatoms. The van der Waals surface area contributed by atoms with E-state index in [1.807, 2.05) is 30.5 Å². The fraction of sp³-hybridized carbons (Fsp3) is 0.121. The maximum Gasteiger partial charge on any atom is 3.00 e. The molecule has 0 aliphatic rings. The molecule has 0 bridgehead atoms. The summed E-state index contributed by atoms with van der Waals surface area (Å²) >= 11 is 0. The Kier molecular flexibility index (Phi) is 6.44. The quantitative estimate of drug-likeness (QED) is 0.143. The maximum absolute atomic E-state index is 5.00. The van der Waals surface area contributed by atoms with Crippen LogP contribution in [0.15, 0.2) is 79.0 Å². The summed E-state index contributed by atoms with van der Waals surface area (Å²) in [4.78, 5) is 9.59. The molecule has 0 aliphatic carbocycles. The molecule has 6 rings (SSSR count). The molecule has 0 atom stereocenters. The van der Waals surface area contributed by atoms with E-state index < -0.39 is 0 Å². The predicted octanol–water partition coefficient (Wildman–Crippen LogP) is 8.18. The third-order valence-corrected chi connectivity index (χ3v) is 6.85. The van der Waals surface area contributed by atoms with E-state index in [-0.39, 0.29) is 22.4 Å². The number of hydrogen-bond acceptors (Lipinski definition) is 1. The van der Waals surface area contributed by atoms with E-state index >= 15 is 0 Å². The first kappa shape index (κ1) is 24.3. The normalized spacial score (nSPS) is 11.1. The number of rotatable bonds is 3. The zero-order chi connectivity index (χ0) is 24.1. The third-order valence-electron chi connectivity index (χ3n) is 6.85. The number of benzene rings is 4. The summed E-state index contributed by atoms with van der Waals surface area (Å²) in [5.41, 5.74) is 13.1. The SMILES string of the molecule is Cc1cc(C)c(-c2[c-]c(-c3cccc4c3[n-]c3ccccc34)c(C)cc2C)[c-]c1-c1ccccn1.[Au+3]. The van der Waals surface area contributed by atoms with Gasteiger partial charge in [-0.2, -0.15) is 28.8 Å². The summed E-state index contributed by atoms with van der Waals surface area (Å²) in [7, 11) is 0. The average Bonchev–Trinajstić information content (AvgIpc) is 3.24. The molecule has 0 saturated heterocycles. The van der Waals surface area contributed by atoms with Crippen molar-refractivity contribution in [1.29, 1.82) is 0 Å². The molecule has 0 radical (unpaired) electrons. The molecule has 4 aromatic carbocycles. The van der Waals surface area contributed by atoms with Gasteiger partial charge in [-0.15, -0.1) is 51.0 Å². The molecular formula is C33H25AuN2. The smallest absolute Gasteiger partial charge is 0.663 e. The first-order valence-corrected chi connectivity index (χ1v) is 11.9. The fourth-order valence-corrected chi connectivity index (χ4v) is 5.16. The Balaban J connectivity index is 0.00000267. The van der Waals surface area contributed by atoms with Gasteiger partial charge >= 0.3 is 22.4 Å². The Morgan fingerprint density at radius 2 is 1.22 bits per heavy atom. The van der Waals surface area contributed by atoms with Crippen LogP contribution in [0.4, 0.5) is 0 Å². The number of pyridine rings is 1.